The third-order valence-corrected chi connectivity index (χ3v) is 2.63. The zero-order chi connectivity index (χ0) is 11.7. The number of anilines is 1. The van der Waals surface area contributed by atoms with Crippen LogP contribution in [0.2, 0.25) is 0 Å². The monoisotopic (exact) mass is 227 g/mol. The minimum absolute atomic E-state index is 0.405. The number of nitrogens with two attached hydrogens (primary N) is 1. The van der Waals surface area contributed by atoms with Crippen LogP contribution in [0.3, 0.4) is 0 Å². The number of nitrogens with zero attached hydrogens (tertiary/aromatic N) is 2. The summed E-state index contributed by atoms with van der Waals surface area (Å²) in [5.41, 5.74) is 7.31. The molecule has 0 radical (unpaired) electrons. The summed E-state index contributed by atoms with van der Waals surface area (Å²) in [7, 11) is 0. The quantitative estimate of drug-likeness (QED) is 0.873. The number of ether oxygens (including phenoxy) is 1. The normalized spacial score (nSPS) is 14.6. The molecule has 86 valence electrons. The van der Waals surface area contributed by atoms with Crippen LogP contribution in [0.15, 0.2) is 36.7 Å². The van der Waals surface area contributed by atoms with E-state index in [9.17, 15) is 0 Å². The van der Waals surface area contributed by atoms with Crippen molar-refractivity contribution in [3.8, 4) is 17.0 Å². The van der Waals surface area contributed by atoms with E-state index in [1.165, 1.54) is 0 Å². The van der Waals surface area contributed by atoms with Gasteiger partial charge < -0.3 is 10.5 Å². The maximum Gasteiger partial charge on any atom is 0.141 e. The van der Waals surface area contributed by atoms with E-state index in [4.69, 9.17) is 10.5 Å². The van der Waals surface area contributed by atoms with Crippen molar-refractivity contribution in [2.24, 2.45) is 0 Å². The molecule has 0 spiro atoms. The summed E-state index contributed by atoms with van der Waals surface area (Å²) >= 11 is 0. The third-order valence-electron chi connectivity index (χ3n) is 2.63. The lowest BCUT2D eigenvalue weighted by atomic mass is 10.1. The first-order valence-electron chi connectivity index (χ1n) is 5.66. The van der Waals surface area contributed by atoms with Gasteiger partial charge in [-0.05, 0) is 25.0 Å². The van der Waals surface area contributed by atoms with Crippen molar-refractivity contribution in [1.29, 1.82) is 0 Å². The Labute approximate surface area is 99.5 Å². The number of hydrogen-bond acceptors (Lipinski definition) is 4. The molecule has 1 heterocycles. The molecule has 1 aromatic carbocycles. The van der Waals surface area contributed by atoms with Gasteiger partial charge in [0.15, 0.2) is 0 Å². The van der Waals surface area contributed by atoms with Gasteiger partial charge in [-0.25, -0.2) is 4.98 Å². The van der Waals surface area contributed by atoms with Crippen molar-refractivity contribution in [3.05, 3.63) is 36.7 Å². The topological polar surface area (TPSA) is 61.0 Å². The van der Waals surface area contributed by atoms with Gasteiger partial charge in [0.1, 0.15) is 11.6 Å². The van der Waals surface area contributed by atoms with Crippen LogP contribution in [0.5, 0.6) is 5.75 Å². The van der Waals surface area contributed by atoms with Gasteiger partial charge in [0.05, 0.1) is 24.2 Å². The van der Waals surface area contributed by atoms with Crippen LogP contribution in [-0.4, -0.2) is 16.1 Å². The van der Waals surface area contributed by atoms with Crippen molar-refractivity contribution in [1.82, 2.24) is 9.97 Å². The predicted molar refractivity (Wildman–Crippen MR) is 65.5 cm³/mol. The van der Waals surface area contributed by atoms with Crippen LogP contribution in [0.25, 0.3) is 11.3 Å². The summed E-state index contributed by atoms with van der Waals surface area (Å²) < 4.78 is 5.74. The van der Waals surface area contributed by atoms with Crippen molar-refractivity contribution < 1.29 is 4.74 Å². The van der Waals surface area contributed by atoms with E-state index in [0.717, 1.165) is 29.8 Å². The Morgan fingerprint density at radius 2 is 2.06 bits per heavy atom. The van der Waals surface area contributed by atoms with Gasteiger partial charge in [-0.2, -0.15) is 0 Å². The molecule has 4 heteroatoms. The predicted octanol–water partition coefficient (Wildman–Crippen LogP) is 2.27. The molecule has 2 aromatic rings. The minimum atomic E-state index is 0.405. The molecule has 0 unspecified atom stereocenters. The highest BCUT2D eigenvalue weighted by Gasteiger charge is 2.23. The van der Waals surface area contributed by atoms with Crippen LogP contribution in [0.1, 0.15) is 12.8 Å². The maximum atomic E-state index is 5.74. The van der Waals surface area contributed by atoms with Crippen molar-refractivity contribution in [3.63, 3.8) is 0 Å². The van der Waals surface area contributed by atoms with Crippen molar-refractivity contribution >= 4 is 5.82 Å². The molecule has 0 bridgehead atoms. The lowest BCUT2D eigenvalue weighted by Gasteiger charge is -2.06. The smallest absolute Gasteiger partial charge is 0.141 e. The lowest BCUT2D eigenvalue weighted by Crippen LogP contribution is -1.96. The zero-order valence-corrected chi connectivity index (χ0v) is 9.34. The molecule has 1 saturated carbocycles. The zero-order valence-electron chi connectivity index (χ0n) is 9.34. The van der Waals surface area contributed by atoms with Gasteiger partial charge in [-0.3, -0.25) is 4.98 Å². The number of aromatic nitrogens is 2. The number of benzene rings is 1. The fraction of sp³-hybridized carbons (Fsp3) is 0.231. The highest BCUT2D eigenvalue weighted by Crippen LogP contribution is 2.29. The van der Waals surface area contributed by atoms with Gasteiger partial charge in [-0.1, -0.05) is 12.1 Å². The molecule has 4 nitrogen and oxygen atoms in total. The van der Waals surface area contributed by atoms with Crippen LogP contribution in [-0.2, 0) is 0 Å². The second kappa shape index (κ2) is 4.05. The fourth-order valence-electron chi connectivity index (χ4n) is 1.59. The third kappa shape index (κ3) is 2.36. The molecule has 2 N–H and O–H groups in total. The van der Waals surface area contributed by atoms with Crippen LogP contribution in [0.4, 0.5) is 5.82 Å². The molecule has 1 aliphatic rings. The highest BCUT2D eigenvalue weighted by atomic mass is 16.5. The Morgan fingerprint density at radius 3 is 2.76 bits per heavy atom. The Morgan fingerprint density at radius 1 is 1.18 bits per heavy atom. The molecule has 1 aromatic heterocycles. The second-order valence-corrected chi connectivity index (χ2v) is 4.17. The SMILES string of the molecule is Nc1cnc(-c2cccc(OC3CC3)c2)cn1. The first-order chi connectivity index (χ1) is 8.31. The van der Waals surface area contributed by atoms with E-state index in [1.807, 2.05) is 24.3 Å². The van der Waals surface area contributed by atoms with E-state index >= 15 is 0 Å². The van der Waals surface area contributed by atoms with E-state index in [2.05, 4.69) is 9.97 Å². The summed E-state index contributed by atoms with van der Waals surface area (Å²) in [4.78, 5) is 8.27. The van der Waals surface area contributed by atoms with Gasteiger partial charge in [-0.15, -0.1) is 0 Å². The Hall–Kier alpha value is -2.10. The first-order valence-corrected chi connectivity index (χ1v) is 5.66. The number of rotatable bonds is 3. The number of nitrogen functional groups attached to an aromatic ring is 1. The standard InChI is InChI=1S/C13H13N3O/c14-13-8-15-12(7-16-13)9-2-1-3-11(6-9)17-10-4-5-10/h1-3,6-8,10H,4-5H2,(H2,14,16). The van der Waals surface area contributed by atoms with Crippen LogP contribution >= 0.6 is 0 Å². The van der Waals surface area contributed by atoms with Crippen LogP contribution < -0.4 is 10.5 Å². The molecule has 0 aliphatic heterocycles. The molecule has 17 heavy (non-hydrogen) atoms. The van der Waals surface area contributed by atoms with E-state index < -0.39 is 0 Å². The van der Waals surface area contributed by atoms with Gasteiger partial charge in [0.25, 0.3) is 0 Å². The molecular weight excluding hydrogens is 214 g/mol. The fourth-order valence-corrected chi connectivity index (χ4v) is 1.59. The van der Waals surface area contributed by atoms with Crippen molar-refractivity contribution in [2.75, 3.05) is 5.73 Å². The molecule has 3 rings (SSSR count). The summed E-state index contributed by atoms with van der Waals surface area (Å²) in [6.07, 6.45) is 5.95. The summed E-state index contributed by atoms with van der Waals surface area (Å²) in [5, 5.41) is 0. The van der Waals surface area contributed by atoms with Gasteiger partial charge >= 0.3 is 0 Å². The highest BCUT2D eigenvalue weighted by molar-refractivity contribution is 5.60. The summed E-state index contributed by atoms with van der Waals surface area (Å²) in [6.45, 7) is 0. The van der Waals surface area contributed by atoms with Crippen molar-refractivity contribution in [2.45, 2.75) is 18.9 Å². The van der Waals surface area contributed by atoms with E-state index in [1.54, 1.807) is 12.4 Å². The Kier molecular flexibility index (Phi) is 2.40. The Bertz CT molecular complexity index is 520. The summed E-state index contributed by atoms with van der Waals surface area (Å²) in [5.74, 6) is 1.32. The maximum absolute atomic E-state index is 5.74. The molecule has 1 aliphatic carbocycles. The number of hydrogen-bond donors (Lipinski definition) is 1. The lowest BCUT2D eigenvalue weighted by molar-refractivity contribution is 0.303. The second-order valence-electron chi connectivity index (χ2n) is 4.17. The van der Waals surface area contributed by atoms with Gasteiger partial charge in [0.2, 0.25) is 0 Å². The molecule has 0 amide bonds. The average Bonchev–Trinajstić information content (AvgIpc) is 3.14. The molecule has 0 atom stereocenters. The van der Waals surface area contributed by atoms with Crippen LogP contribution in [0, 0.1) is 0 Å². The Balaban J connectivity index is 1.88. The minimum Gasteiger partial charge on any atom is -0.490 e. The molecular formula is C13H13N3O. The summed E-state index contributed by atoms with van der Waals surface area (Å²) in [6, 6.07) is 7.90. The first kappa shape index (κ1) is 10.1. The van der Waals surface area contributed by atoms with E-state index in [-0.39, 0.29) is 0 Å². The van der Waals surface area contributed by atoms with E-state index in [0.29, 0.717) is 11.9 Å². The molecule has 1 fully saturated rings. The molecule has 0 saturated heterocycles. The average molecular weight is 227 g/mol. The largest absolute Gasteiger partial charge is 0.490 e. The van der Waals surface area contributed by atoms with Gasteiger partial charge in [0, 0.05) is 5.56 Å².